The summed E-state index contributed by atoms with van der Waals surface area (Å²) in [5, 5.41) is 3.14. The molecule has 35 heavy (non-hydrogen) atoms. The van der Waals surface area contributed by atoms with Crippen LogP contribution in [0.2, 0.25) is 0 Å². The van der Waals surface area contributed by atoms with Gasteiger partial charge in [-0.25, -0.2) is 13.4 Å². The quantitative estimate of drug-likeness (QED) is 0.329. The van der Waals surface area contributed by atoms with Crippen molar-refractivity contribution in [2.75, 3.05) is 16.6 Å². The van der Waals surface area contributed by atoms with Crippen LogP contribution in [0.1, 0.15) is 5.56 Å². The molecular weight excluding hydrogens is 464 g/mol. The summed E-state index contributed by atoms with van der Waals surface area (Å²) in [6, 6.07) is 20.8. The second kappa shape index (κ2) is 10.5. The number of aromatic nitrogens is 3. The fourth-order valence-electron chi connectivity index (χ4n) is 3.58. The fraction of sp³-hybridized carbons (Fsp3) is 0.160. The molecule has 1 unspecified atom stereocenters. The zero-order chi connectivity index (χ0) is 24.8. The van der Waals surface area contributed by atoms with Crippen molar-refractivity contribution in [1.29, 1.82) is 0 Å². The first-order chi connectivity index (χ1) is 16.8. The number of benzene rings is 2. The molecule has 4 rings (SSSR count). The molecule has 4 N–H and O–H groups in total. The molecule has 0 amide bonds. The van der Waals surface area contributed by atoms with E-state index >= 15 is 0 Å². The number of sulfonamides is 1. The van der Waals surface area contributed by atoms with E-state index in [4.69, 9.17) is 5.73 Å². The van der Waals surface area contributed by atoms with Gasteiger partial charge in [-0.05, 0) is 36.2 Å². The second-order valence-corrected chi connectivity index (χ2v) is 9.69. The Morgan fingerprint density at radius 1 is 0.971 bits per heavy atom. The third-order valence-electron chi connectivity index (χ3n) is 5.40. The van der Waals surface area contributed by atoms with Crippen molar-refractivity contribution in [2.45, 2.75) is 17.4 Å². The molecule has 2 heterocycles. The van der Waals surface area contributed by atoms with Gasteiger partial charge in [0.2, 0.25) is 5.95 Å². The van der Waals surface area contributed by atoms with Crippen LogP contribution in [0.4, 0.5) is 11.6 Å². The number of hydrogen-bond donors (Lipinski definition) is 3. The first-order valence-electron chi connectivity index (χ1n) is 11.0. The van der Waals surface area contributed by atoms with Gasteiger partial charge in [0.25, 0.3) is 15.6 Å². The lowest BCUT2D eigenvalue weighted by Gasteiger charge is -2.18. The average molecular weight is 491 g/mol. The second-order valence-electron chi connectivity index (χ2n) is 8.01. The minimum atomic E-state index is -4.02. The Morgan fingerprint density at radius 3 is 2.26 bits per heavy atom. The molecule has 2 aromatic heterocycles. The number of rotatable bonds is 9. The number of anilines is 2. The maximum Gasteiger partial charge on any atom is 0.279 e. The van der Waals surface area contributed by atoms with Crippen LogP contribution in [0, 0.1) is 0 Å². The van der Waals surface area contributed by atoms with Gasteiger partial charge in [0.05, 0.1) is 4.90 Å². The molecule has 0 bridgehead atoms. The van der Waals surface area contributed by atoms with Crippen molar-refractivity contribution in [3.05, 3.63) is 101 Å². The van der Waals surface area contributed by atoms with E-state index in [1.54, 1.807) is 42.7 Å². The fourth-order valence-corrected chi connectivity index (χ4v) is 4.66. The van der Waals surface area contributed by atoms with E-state index < -0.39 is 15.6 Å². The molecule has 0 aliphatic carbocycles. The molecule has 10 heteroatoms. The van der Waals surface area contributed by atoms with E-state index in [0.29, 0.717) is 18.5 Å². The highest BCUT2D eigenvalue weighted by Crippen LogP contribution is 2.26. The van der Waals surface area contributed by atoms with Crippen molar-refractivity contribution in [3.8, 4) is 11.3 Å². The summed E-state index contributed by atoms with van der Waals surface area (Å²) in [6.07, 6.45) is 3.74. The van der Waals surface area contributed by atoms with Gasteiger partial charge in [-0.1, -0.05) is 48.5 Å². The average Bonchev–Trinajstić information content (AvgIpc) is 2.88. The molecule has 0 aliphatic heterocycles. The highest BCUT2D eigenvalue weighted by Gasteiger charge is 2.22. The summed E-state index contributed by atoms with van der Waals surface area (Å²) in [6.45, 7) is 0.361. The highest BCUT2D eigenvalue weighted by atomic mass is 32.2. The van der Waals surface area contributed by atoms with E-state index in [-0.39, 0.29) is 28.3 Å². The van der Waals surface area contributed by atoms with Crippen molar-refractivity contribution in [3.63, 3.8) is 0 Å². The number of nitrogens with two attached hydrogens (primary N) is 1. The lowest BCUT2D eigenvalue weighted by Crippen LogP contribution is -2.34. The van der Waals surface area contributed by atoms with Gasteiger partial charge in [-0.3, -0.25) is 19.1 Å². The van der Waals surface area contributed by atoms with Gasteiger partial charge in [-0.15, -0.1) is 0 Å². The maximum absolute atomic E-state index is 13.3. The first-order valence-corrected chi connectivity index (χ1v) is 12.5. The number of nitrogens with zero attached hydrogens (tertiary/aromatic N) is 3. The smallest absolute Gasteiger partial charge is 0.279 e. The van der Waals surface area contributed by atoms with Gasteiger partial charge >= 0.3 is 0 Å². The predicted octanol–water partition coefficient (Wildman–Crippen LogP) is 2.62. The Labute approximate surface area is 203 Å². The maximum atomic E-state index is 13.3. The Balaban J connectivity index is 1.67. The summed E-state index contributed by atoms with van der Waals surface area (Å²) >= 11 is 0. The molecule has 2 aromatic carbocycles. The van der Waals surface area contributed by atoms with Crippen LogP contribution >= 0.6 is 0 Å². The SMILES string of the molecule is Cn1c(NCC(N)Cc2ccccc2)nc(-c2ccncc2)c(NS(=O)(=O)c2ccccc2)c1=O. The summed E-state index contributed by atoms with van der Waals surface area (Å²) in [5.41, 5.74) is 7.42. The molecule has 1 atom stereocenters. The van der Waals surface area contributed by atoms with E-state index in [2.05, 4.69) is 20.0 Å². The molecule has 4 aromatic rings. The molecule has 0 saturated heterocycles. The number of hydrogen-bond acceptors (Lipinski definition) is 7. The third-order valence-corrected chi connectivity index (χ3v) is 6.76. The predicted molar refractivity (Wildman–Crippen MR) is 137 cm³/mol. The number of pyridine rings is 1. The Morgan fingerprint density at radius 2 is 1.60 bits per heavy atom. The molecular formula is C25H26N6O3S. The van der Waals surface area contributed by atoms with Crippen molar-refractivity contribution in [2.24, 2.45) is 12.8 Å². The molecule has 0 saturated carbocycles. The molecule has 0 fully saturated rings. The van der Waals surface area contributed by atoms with Gasteiger partial charge in [-0.2, -0.15) is 0 Å². The lowest BCUT2D eigenvalue weighted by atomic mass is 10.1. The molecule has 0 aliphatic rings. The standard InChI is InChI=1S/C25H26N6O3S/c1-31-24(32)23(30-35(33,34)21-10-6-3-7-11-21)22(19-12-14-27-15-13-19)29-25(31)28-17-20(26)16-18-8-4-2-5-9-18/h2-15,20,30H,16-17,26H2,1H3,(H,28,29). The van der Waals surface area contributed by atoms with Crippen LogP contribution in [0.15, 0.2) is 94.9 Å². The molecule has 9 nitrogen and oxygen atoms in total. The van der Waals surface area contributed by atoms with Crippen LogP contribution in [0.3, 0.4) is 0 Å². The van der Waals surface area contributed by atoms with Gasteiger partial charge in [0.1, 0.15) is 11.4 Å². The third kappa shape index (κ3) is 5.73. The zero-order valence-electron chi connectivity index (χ0n) is 19.1. The summed E-state index contributed by atoms with van der Waals surface area (Å²) < 4.78 is 29.7. The Bertz CT molecular complexity index is 1440. The lowest BCUT2D eigenvalue weighted by molar-refractivity contribution is 0.601. The largest absolute Gasteiger partial charge is 0.354 e. The monoisotopic (exact) mass is 490 g/mol. The van der Waals surface area contributed by atoms with Crippen LogP contribution in [0.5, 0.6) is 0 Å². The van der Waals surface area contributed by atoms with Crippen LogP contribution in [-0.2, 0) is 23.5 Å². The van der Waals surface area contributed by atoms with E-state index in [0.717, 1.165) is 5.56 Å². The van der Waals surface area contributed by atoms with E-state index in [1.165, 1.54) is 23.7 Å². The first kappa shape index (κ1) is 24.1. The van der Waals surface area contributed by atoms with Gasteiger partial charge < -0.3 is 11.1 Å². The van der Waals surface area contributed by atoms with Gasteiger partial charge in [0.15, 0.2) is 0 Å². The van der Waals surface area contributed by atoms with E-state index in [1.807, 2.05) is 30.3 Å². The number of nitrogens with one attached hydrogen (secondary N) is 2. The minimum Gasteiger partial charge on any atom is -0.354 e. The Kier molecular flexibility index (Phi) is 7.23. The summed E-state index contributed by atoms with van der Waals surface area (Å²) in [4.78, 5) is 22.0. The van der Waals surface area contributed by atoms with Crippen molar-refractivity contribution in [1.82, 2.24) is 14.5 Å². The normalized spacial score (nSPS) is 12.2. The van der Waals surface area contributed by atoms with Crippen LogP contribution in [-0.4, -0.2) is 35.5 Å². The summed E-state index contributed by atoms with van der Waals surface area (Å²) in [7, 11) is -2.49. The molecule has 0 spiro atoms. The minimum absolute atomic E-state index is 0.0387. The Hall–Kier alpha value is -4.02. The zero-order valence-corrected chi connectivity index (χ0v) is 19.9. The van der Waals surface area contributed by atoms with Crippen molar-refractivity contribution >= 4 is 21.7 Å². The van der Waals surface area contributed by atoms with Gasteiger partial charge in [0, 0.05) is 37.6 Å². The molecule has 0 radical (unpaired) electrons. The topological polar surface area (TPSA) is 132 Å². The van der Waals surface area contributed by atoms with Crippen molar-refractivity contribution < 1.29 is 8.42 Å². The molecule has 180 valence electrons. The van der Waals surface area contributed by atoms with Crippen LogP contribution in [0.25, 0.3) is 11.3 Å². The van der Waals surface area contributed by atoms with Crippen LogP contribution < -0.4 is 21.3 Å². The summed E-state index contributed by atoms with van der Waals surface area (Å²) in [5.74, 6) is 0.271. The highest BCUT2D eigenvalue weighted by molar-refractivity contribution is 7.92. The van der Waals surface area contributed by atoms with E-state index in [9.17, 15) is 13.2 Å².